The van der Waals surface area contributed by atoms with Crippen molar-refractivity contribution < 1.29 is 14.7 Å². The summed E-state index contributed by atoms with van der Waals surface area (Å²) in [6.07, 6.45) is 3.30. The molecule has 1 aliphatic heterocycles. The van der Waals surface area contributed by atoms with Gasteiger partial charge in [0.05, 0.1) is 11.5 Å². The second kappa shape index (κ2) is 6.12. The van der Waals surface area contributed by atoms with Crippen molar-refractivity contribution in [3.63, 3.8) is 0 Å². The standard InChI is InChI=1S/C15H28N2O3/c1-11(12(18)17-9-7-6-8-10-17)16-15(4,5)14(2,3)13(19)20/h11,16H,6-10H2,1-5H3,(H,19,20). The van der Waals surface area contributed by atoms with Crippen molar-refractivity contribution in [2.24, 2.45) is 5.41 Å². The molecule has 20 heavy (non-hydrogen) atoms. The first-order chi connectivity index (χ1) is 9.09. The molecular formula is C15H28N2O3. The minimum absolute atomic E-state index is 0.0685. The van der Waals surface area contributed by atoms with Gasteiger partial charge in [-0.3, -0.25) is 14.9 Å². The van der Waals surface area contributed by atoms with E-state index < -0.39 is 16.9 Å². The largest absolute Gasteiger partial charge is 0.481 e. The average molecular weight is 284 g/mol. The Labute approximate surface area is 121 Å². The number of carboxylic acids is 1. The van der Waals surface area contributed by atoms with Gasteiger partial charge in [0, 0.05) is 18.6 Å². The van der Waals surface area contributed by atoms with Gasteiger partial charge in [-0.15, -0.1) is 0 Å². The summed E-state index contributed by atoms with van der Waals surface area (Å²) in [5.74, 6) is -0.799. The molecule has 1 fully saturated rings. The normalized spacial score (nSPS) is 18.8. The van der Waals surface area contributed by atoms with Crippen molar-refractivity contribution in [2.45, 2.75) is 65.5 Å². The maximum absolute atomic E-state index is 12.4. The number of carbonyl (C=O) groups excluding carboxylic acids is 1. The quantitative estimate of drug-likeness (QED) is 0.808. The van der Waals surface area contributed by atoms with E-state index in [1.165, 1.54) is 6.42 Å². The van der Waals surface area contributed by atoms with Crippen molar-refractivity contribution in [2.75, 3.05) is 13.1 Å². The fraction of sp³-hybridized carbons (Fsp3) is 0.867. The highest BCUT2D eigenvalue weighted by molar-refractivity contribution is 5.82. The smallest absolute Gasteiger partial charge is 0.310 e. The lowest BCUT2D eigenvalue weighted by Crippen LogP contribution is -2.60. The van der Waals surface area contributed by atoms with Crippen LogP contribution in [0.1, 0.15) is 53.9 Å². The van der Waals surface area contributed by atoms with E-state index in [0.29, 0.717) is 0 Å². The molecule has 0 spiro atoms. The number of hydrogen-bond donors (Lipinski definition) is 2. The Hall–Kier alpha value is -1.10. The number of carboxylic acid groups (broad SMARTS) is 1. The lowest BCUT2D eigenvalue weighted by Gasteiger charge is -2.41. The first kappa shape index (κ1) is 17.0. The summed E-state index contributed by atoms with van der Waals surface area (Å²) in [5.41, 5.74) is -1.63. The molecule has 5 nitrogen and oxygen atoms in total. The van der Waals surface area contributed by atoms with Crippen LogP contribution < -0.4 is 5.32 Å². The van der Waals surface area contributed by atoms with Crippen LogP contribution in [0.3, 0.4) is 0 Å². The van der Waals surface area contributed by atoms with Crippen molar-refractivity contribution >= 4 is 11.9 Å². The maximum atomic E-state index is 12.4. The van der Waals surface area contributed by atoms with Gasteiger partial charge in [0.25, 0.3) is 0 Å². The van der Waals surface area contributed by atoms with Crippen LogP contribution in [-0.2, 0) is 9.59 Å². The number of likely N-dealkylation sites (tertiary alicyclic amines) is 1. The number of carbonyl (C=O) groups is 2. The molecule has 1 aliphatic rings. The second-order valence-electron chi connectivity index (χ2n) is 6.81. The third-order valence-electron chi connectivity index (χ3n) is 4.71. The van der Waals surface area contributed by atoms with Crippen LogP contribution in [0.5, 0.6) is 0 Å². The zero-order valence-corrected chi connectivity index (χ0v) is 13.3. The van der Waals surface area contributed by atoms with E-state index in [4.69, 9.17) is 0 Å². The predicted molar refractivity (Wildman–Crippen MR) is 78.5 cm³/mol. The minimum Gasteiger partial charge on any atom is -0.481 e. The molecule has 2 N–H and O–H groups in total. The summed E-state index contributed by atoms with van der Waals surface area (Å²) in [5, 5.41) is 12.5. The number of nitrogens with zero attached hydrogens (tertiary/aromatic N) is 1. The SMILES string of the molecule is CC(NC(C)(C)C(C)(C)C(=O)O)C(=O)N1CCCCC1. The number of nitrogens with one attached hydrogen (secondary N) is 1. The fourth-order valence-electron chi connectivity index (χ4n) is 2.44. The van der Waals surface area contributed by atoms with Crippen LogP contribution in [0, 0.1) is 5.41 Å². The van der Waals surface area contributed by atoms with Gasteiger partial charge in [-0.2, -0.15) is 0 Å². The molecule has 116 valence electrons. The molecule has 1 rings (SSSR count). The van der Waals surface area contributed by atoms with Crippen LogP contribution in [0.15, 0.2) is 0 Å². The minimum atomic E-state index is -0.955. The molecule has 0 aromatic heterocycles. The molecule has 0 aromatic rings. The highest BCUT2D eigenvalue weighted by Crippen LogP contribution is 2.31. The van der Waals surface area contributed by atoms with Gasteiger partial charge in [0.2, 0.25) is 5.91 Å². The average Bonchev–Trinajstić information content (AvgIpc) is 2.37. The van der Waals surface area contributed by atoms with Gasteiger partial charge in [0.15, 0.2) is 0 Å². The monoisotopic (exact) mass is 284 g/mol. The molecule has 1 saturated heterocycles. The van der Waals surface area contributed by atoms with Crippen molar-refractivity contribution in [1.29, 1.82) is 0 Å². The van der Waals surface area contributed by atoms with E-state index in [9.17, 15) is 14.7 Å². The lowest BCUT2D eigenvalue weighted by atomic mass is 9.74. The maximum Gasteiger partial charge on any atom is 0.310 e. The third-order valence-corrected chi connectivity index (χ3v) is 4.71. The Bertz CT molecular complexity index is 371. The first-order valence-electron chi connectivity index (χ1n) is 7.39. The Morgan fingerprint density at radius 2 is 1.60 bits per heavy atom. The van der Waals surface area contributed by atoms with E-state index in [-0.39, 0.29) is 11.9 Å². The van der Waals surface area contributed by atoms with Crippen LogP contribution in [0.25, 0.3) is 0 Å². The summed E-state index contributed by atoms with van der Waals surface area (Å²) < 4.78 is 0. The first-order valence-corrected chi connectivity index (χ1v) is 7.39. The highest BCUT2D eigenvalue weighted by atomic mass is 16.4. The summed E-state index contributed by atoms with van der Waals surface area (Å²) in [6.45, 7) is 10.5. The van der Waals surface area contributed by atoms with E-state index in [1.807, 2.05) is 25.7 Å². The molecule has 1 atom stereocenters. The number of amides is 1. The molecule has 0 aliphatic carbocycles. The Morgan fingerprint density at radius 3 is 2.05 bits per heavy atom. The summed E-state index contributed by atoms with van der Waals surface area (Å²) in [7, 11) is 0. The Balaban J connectivity index is 2.70. The van der Waals surface area contributed by atoms with E-state index in [0.717, 1.165) is 25.9 Å². The highest BCUT2D eigenvalue weighted by Gasteiger charge is 2.44. The van der Waals surface area contributed by atoms with Crippen LogP contribution >= 0.6 is 0 Å². The summed E-state index contributed by atoms with van der Waals surface area (Å²) >= 11 is 0. The van der Waals surface area contributed by atoms with E-state index in [2.05, 4.69) is 5.32 Å². The molecular weight excluding hydrogens is 256 g/mol. The van der Waals surface area contributed by atoms with Crippen molar-refractivity contribution in [3.8, 4) is 0 Å². The Kier molecular flexibility index (Phi) is 5.19. The van der Waals surface area contributed by atoms with Gasteiger partial charge in [-0.1, -0.05) is 0 Å². The zero-order valence-electron chi connectivity index (χ0n) is 13.3. The predicted octanol–water partition coefficient (Wildman–Crippen LogP) is 1.87. The number of piperidine rings is 1. The number of rotatable bonds is 5. The second-order valence-corrected chi connectivity index (χ2v) is 6.81. The molecule has 0 radical (unpaired) electrons. The van der Waals surface area contributed by atoms with E-state index in [1.54, 1.807) is 13.8 Å². The third kappa shape index (κ3) is 3.51. The Morgan fingerprint density at radius 1 is 1.10 bits per heavy atom. The molecule has 1 heterocycles. The van der Waals surface area contributed by atoms with Crippen molar-refractivity contribution in [1.82, 2.24) is 10.2 Å². The summed E-state index contributed by atoms with van der Waals surface area (Å²) in [6, 6.07) is -0.373. The van der Waals surface area contributed by atoms with Gasteiger partial charge >= 0.3 is 5.97 Å². The summed E-state index contributed by atoms with van der Waals surface area (Å²) in [4.78, 5) is 25.7. The van der Waals surface area contributed by atoms with E-state index >= 15 is 0 Å². The molecule has 1 unspecified atom stereocenters. The molecule has 0 aromatic carbocycles. The molecule has 0 bridgehead atoms. The van der Waals surface area contributed by atoms with Crippen molar-refractivity contribution in [3.05, 3.63) is 0 Å². The molecule has 1 amide bonds. The van der Waals surface area contributed by atoms with Crippen LogP contribution in [-0.4, -0.2) is 46.6 Å². The zero-order chi connectivity index (χ0) is 15.6. The van der Waals surface area contributed by atoms with Crippen LogP contribution in [0.4, 0.5) is 0 Å². The topological polar surface area (TPSA) is 69.6 Å². The molecule has 5 heteroatoms. The fourth-order valence-corrected chi connectivity index (χ4v) is 2.44. The number of hydrogen-bond acceptors (Lipinski definition) is 3. The van der Waals surface area contributed by atoms with Gasteiger partial charge in [-0.25, -0.2) is 0 Å². The van der Waals surface area contributed by atoms with Crippen LogP contribution in [0.2, 0.25) is 0 Å². The molecule has 0 saturated carbocycles. The van der Waals surface area contributed by atoms with Gasteiger partial charge in [0.1, 0.15) is 0 Å². The van der Waals surface area contributed by atoms with Gasteiger partial charge < -0.3 is 10.0 Å². The lowest BCUT2D eigenvalue weighted by molar-refractivity contribution is -0.152. The number of aliphatic carboxylic acids is 1. The van der Waals surface area contributed by atoms with Gasteiger partial charge in [-0.05, 0) is 53.9 Å².